The van der Waals surface area contributed by atoms with Crippen LogP contribution in [0.5, 0.6) is 5.88 Å². The Hall–Kier alpha value is -1.82. The summed E-state index contributed by atoms with van der Waals surface area (Å²) in [4.78, 5) is 10.9. The molecule has 0 unspecified atom stereocenters. The molecule has 2 N–H and O–H groups in total. The van der Waals surface area contributed by atoms with Crippen molar-refractivity contribution in [2.75, 3.05) is 17.7 Å². The second-order valence-corrected chi connectivity index (χ2v) is 5.84. The fourth-order valence-corrected chi connectivity index (χ4v) is 2.28. The lowest BCUT2D eigenvalue weighted by Crippen LogP contribution is -2.31. The first-order chi connectivity index (χ1) is 10.0. The van der Waals surface area contributed by atoms with Crippen LogP contribution in [0.25, 0.3) is 0 Å². The average Bonchev–Trinajstić information content (AvgIpc) is 2.47. The van der Waals surface area contributed by atoms with Gasteiger partial charge in [0.1, 0.15) is 0 Å². The molecule has 0 saturated heterocycles. The maximum Gasteiger partial charge on any atom is 0.232 e. The van der Waals surface area contributed by atoms with Gasteiger partial charge >= 0.3 is 0 Å². The summed E-state index contributed by atoms with van der Waals surface area (Å²) >= 11 is 3.37. The summed E-state index contributed by atoms with van der Waals surface area (Å²) in [5.41, 5.74) is 7.64. The van der Waals surface area contributed by atoms with Gasteiger partial charge in [-0.05, 0) is 47.5 Å². The van der Waals surface area contributed by atoms with E-state index in [-0.39, 0.29) is 6.04 Å². The van der Waals surface area contributed by atoms with Crippen LogP contribution in [0.15, 0.2) is 34.9 Å². The van der Waals surface area contributed by atoms with Crippen LogP contribution in [-0.4, -0.2) is 23.1 Å². The van der Waals surface area contributed by atoms with Crippen LogP contribution >= 0.6 is 15.9 Å². The summed E-state index contributed by atoms with van der Waals surface area (Å²) in [6, 6.07) is 8.09. The van der Waals surface area contributed by atoms with E-state index < -0.39 is 0 Å². The predicted octanol–water partition coefficient (Wildman–Crippen LogP) is 3.24. The SMILES string of the molecule is COc1nc(N(Cc2ccc(N)cc2)C(C)C)ncc1Br. The van der Waals surface area contributed by atoms with Crippen LogP contribution in [0.3, 0.4) is 0 Å². The van der Waals surface area contributed by atoms with E-state index in [0.717, 1.165) is 15.7 Å². The highest BCUT2D eigenvalue weighted by molar-refractivity contribution is 9.10. The fourth-order valence-electron chi connectivity index (χ4n) is 1.93. The van der Waals surface area contributed by atoms with Crippen LogP contribution in [-0.2, 0) is 6.54 Å². The van der Waals surface area contributed by atoms with Crippen LogP contribution in [0.2, 0.25) is 0 Å². The topological polar surface area (TPSA) is 64.3 Å². The second-order valence-electron chi connectivity index (χ2n) is 4.99. The molecule has 0 radical (unpaired) electrons. The molecule has 21 heavy (non-hydrogen) atoms. The molecule has 0 amide bonds. The van der Waals surface area contributed by atoms with Crippen molar-refractivity contribution in [1.29, 1.82) is 0 Å². The summed E-state index contributed by atoms with van der Waals surface area (Å²) in [6.45, 7) is 4.92. The van der Waals surface area contributed by atoms with Crippen molar-refractivity contribution in [1.82, 2.24) is 9.97 Å². The van der Waals surface area contributed by atoms with Gasteiger partial charge in [0.25, 0.3) is 0 Å². The van der Waals surface area contributed by atoms with Crippen molar-refractivity contribution < 1.29 is 4.74 Å². The monoisotopic (exact) mass is 350 g/mol. The third-order valence-corrected chi connectivity index (χ3v) is 3.65. The number of hydrogen-bond acceptors (Lipinski definition) is 5. The van der Waals surface area contributed by atoms with E-state index in [2.05, 4.69) is 44.6 Å². The Balaban J connectivity index is 2.28. The first kappa shape index (κ1) is 15.6. The number of benzene rings is 1. The zero-order valence-corrected chi connectivity index (χ0v) is 14.0. The summed E-state index contributed by atoms with van der Waals surface area (Å²) in [5, 5.41) is 0. The lowest BCUT2D eigenvalue weighted by molar-refractivity contribution is 0.393. The zero-order chi connectivity index (χ0) is 15.4. The van der Waals surface area contributed by atoms with E-state index in [1.165, 1.54) is 0 Å². The molecule has 6 heteroatoms. The Morgan fingerprint density at radius 1 is 1.29 bits per heavy atom. The molecule has 112 valence electrons. The van der Waals surface area contributed by atoms with Crippen LogP contribution < -0.4 is 15.4 Å². The number of nitrogen functional groups attached to an aromatic ring is 1. The van der Waals surface area contributed by atoms with Gasteiger partial charge in [-0.3, -0.25) is 0 Å². The number of rotatable bonds is 5. The molecule has 0 aliphatic rings. The van der Waals surface area contributed by atoms with E-state index in [9.17, 15) is 0 Å². The molecular formula is C15H19BrN4O. The van der Waals surface area contributed by atoms with Gasteiger partial charge in [-0.15, -0.1) is 0 Å². The van der Waals surface area contributed by atoms with Gasteiger partial charge in [0.15, 0.2) is 0 Å². The minimum Gasteiger partial charge on any atom is -0.480 e. The number of aromatic nitrogens is 2. The molecule has 0 bridgehead atoms. The first-order valence-electron chi connectivity index (χ1n) is 6.69. The Kier molecular flexibility index (Phi) is 5.01. The Morgan fingerprint density at radius 2 is 1.95 bits per heavy atom. The molecule has 0 aliphatic carbocycles. The number of nitrogens with two attached hydrogens (primary N) is 1. The van der Waals surface area contributed by atoms with E-state index in [0.29, 0.717) is 18.4 Å². The van der Waals surface area contributed by atoms with Crippen LogP contribution in [0, 0.1) is 0 Å². The lowest BCUT2D eigenvalue weighted by atomic mass is 10.2. The molecule has 5 nitrogen and oxygen atoms in total. The molecule has 2 rings (SSSR count). The summed E-state index contributed by atoms with van der Waals surface area (Å²) < 4.78 is 5.98. The quantitative estimate of drug-likeness (QED) is 0.838. The molecule has 1 heterocycles. The average molecular weight is 351 g/mol. The van der Waals surface area contributed by atoms with E-state index in [1.54, 1.807) is 13.3 Å². The van der Waals surface area contributed by atoms with E-state index in [1.807, 2.05) is 24.3 Å². The summed E-state index contributed by atoms with van der Waals surface area (Å²) in [6.07, 6.45) is 1.71. The molecule has 0 spiro atoms. The van der Waals surface area contributed by atoms with Crippen molar-refractivity contribution >= 4 is 27.6 Å². The molecule has 0 atom stereocenters. The highest BCUT2D eigenvalue weighted by Crippen LogP contribution is 2.25. The molecule has 1 aromatic carbocycles. The third kappa shape index (κ3) is 3.85. The highest BCUT2D eigenvalue weighted by Gasteiger charge is 2.16. The molecule has 0 saturated carbocycles. The van der Waals surface area contributed by atoms with Gasteiger partial charge in [0, 0.05) is 18.3 Å². The molecular weight excluding hydrogens is 332 g/mol. The normalized spacial score (nSPS) is 10.7. The van der Waals surface area contributed by atoms with Gasteiger partial charge in [-0.1, -0.05) is 12.1 Å². The van der Waals surface area contributed by atoms with Crippen molar-refractivity contribution in [3.63, 3.8) is 0 Å². The Morgan fingerprint density at radius 3 is 2.52 bits per heavy atom. The second kappa shape index (κ2) is 6.76. The van der Waals surface area contributed by atoms with Crippen molar-refractivity contribution in [3.8, 4) is 5.88 Å². The lowest BCUT2D eigenvalue weighted by Gasteiger charge is -2.27. The zero-order valence-electron chi connectivity index (χ0n) is 12.4. The summed E-state index contributed by atoms with van der Waals surface area (Å²) in [7, 11) is 1.59. The van der Waals surface area contributed by atoms with Gasteiger partial charge in [-0.25, -0.2) is 4.98 Å². The minimum atomic E-state index is 0.258. The molecule has 2 aromatic rings. The maximum absolute atomic E-state index is 5.72. The molecule has 1 aromatic heterocycles. The van der Waals surface area contributed by atoms with Gasteiger partial charge in [0.05, 0.1) is 17.8 Å². The Bertz CT molecular complexity index is 601. The minimum absolute atomic E-state index is 0.258. The first-order valence-corrected chi connectivity index (χ1v) is 7.48. The van der Waals surface area contributed by atoms with Gasteiger partial charge < -0.3 is 15.4 Å². The van der Waals surface area contributed by atoms with E-state index in [4.69, 9.17) is 10.5 Å². The standard InChI is InChI=1S/C15H19BrN4O/c1-10(2)20(9-11-4-6-12(17)7-5-11)15-18-8-13(16)14(19-15)21-3/h4-8,10H,9,17H2,1-3H3. The summed E-state index contributed by atoms with van der Waals surface area (Å²) in [5.74, 6) is 1.17. The third-order valence-electron chi connectivity index (χ3n) is 3.11. The number of halogens is 1. The Labute approximate surface area is 133 Å². The molecule has 0 aliphatic heterocycles. The number of nitrogens with zero attached hydrogens (tertiary/aromatic N) is 3. The highest BCUT2D eigenvalue weighted by atomic mass is 79.9. The van der Waals surface area contributed by atoms with Gasteiger partial charge in [-0.2, -0.15) is 4.98 Å². The van der Waals surface area contributed by atoms with Crippen LogP contribution in [0.1, 0.15) is 19.4 Å². The van der Waals surface area contributed by atoms with Crippen molar-refractivity contribution in [3.05, 3.63) is 40.5 Å². The fraction of sp³-hybridized carbons (Fsp3) is 0.333. The number of hydrogen-bond donors (Lipinski definition) is 1. The number of methoxy groups -OCH3 is 1. The largest absolute Gasteiger partial charge is 0.480 e. The van der Waals surface area contributed by atoms with Crippen molar-refractivity contribution in [2.45, 2.75) is 26.4 Å². The predicted molar refractivity (Wildman–Crippen MR) is 88.5 cm³/mol. The van der Waals surface area contributed by atoms with E-state index >= 15 is 0 Å². The maximum atomic E-state index is 5.72. The smallest absolute Gasteiger partial charge is 0.232 e. The molecule has 0 fully saturated rings. The number of ether oxygens (including phenoxy) is 1. The van der Waals surface area contributed by atoms with Crippen molar-refractivity contribution in [2.24, 2.45) is 0 Å². The number of anilines is 2. The van der Waals surface area contributed by atoms with Gasteiger partial charge in [0.2, 0.25) is 11.8 Å². The van der Waals surface area contributed by atoms with Crippen LogP contribution in [0.4, 0.5) is 11.6 Å².